The summed E-state index contributed by atoms with van der Waals surface area (Å²) in [5, 5.41) is 13.0. The Morgan fingerprint density at radius 2 is 2.36 bits per heavy atom. The van der Waals surface area contributed by atoms with Crippen LogP contribution in [0.3, 0.4) is 0 Å². The van der Waals surface area contributed by atoms with Crippen LogP contribution in [0.4, 0.5) is 0 Å². The van der Waals surface area contributed by atoms with E-state index < -0.39 is 0 Å². The highest BCUT2D eigenvalue weighted by molar-refractivity contribution is 5.10. The number of hydrogen-bond acceptors (Lipinski definition) is 2. The molecule has 2 rings (SSSR count). The van der Waals surface area contributed by atoms with Gasteiger partial charge in [0.25, 0.3) is 0 Å². The lowest BCUT2D eigenvalue weighted by molar-refractivity contribution is 0.197. The molecule has 56 valence electrons. The number of rotatable bonds is 1. The van der Waals surface area contributed by atoms with Crippen molar-refractivity contribution in [3.05, 3.63) is 18.5 Å². The predicted octanol–water partition coefficient (Wildman–Crippen LogP) is 1.29. The van der Waals surface area contributed by atoms with Crippen molar-refractivity contribution in [3.8, 4) is 6.07 Å². The Hall–Kier alpha value is -1.30. The first kappa shape index (κ1) is 6.41. The topological polar surface area (TPSA) is 41.6 Å². The van der Waals surface area contributed by atoms with Crippen LogP contribution in [0.2, 0.25) is 0 Å². The third-order valence-corrected chi connectivity index (χ3v) is 2.33. The van der Waals surface area contributed by atoms with Crippen molar-refractivity contribution in [2.24, 2.45) is 0 Å². The van der Waals surface area contributed by atoms with E-state index in [1.165, 1.54) is 0 Å². The van der Waals surface area contributed by atoms with Gasteiger partial charge >= 0.3 is 0 Å². The third kappa shape index (κ3) is 0.758. The fourth-order valence-corrected chi connectivity index (χ4v) is 1.43. The highest BCUT2D eigenvalue weighted by Gasteiger charge is 2.39. The van der Waals surface area contributed by atoms with Gasteiger partial charge in [0.1, 0.15) is 5.54 Å². The van der Waals surface area contributed by atoms with Crippen LogP contribution in [0.1, 0.15) is 19.3 Å². The minimum absolute atomic E-state index is 0.302. The molecule has 0 amide bonds. The molecule has 3 heteroatoms. The summed E-state index contributed by atoms with van der Waals surface area (Å²) in [5.41, 5.74) is -0.302. The smallest absolute Gasteiger partial charge is 0.148 e. The highest BCUT2D eigenvalue weighted by atomic mass is 15.3. The lowest BCUT2D eigenvalue weighted by Gasteiger charge is -2.35. The van der Waals surface area contributed by atoms with E-state index in [4.69, 9.17) is 5.26 Å². The van der Waals surface area contributed by atoms with Gasteiger partial charge in [-0.15, -0.1) is 0 Å². The molecule has 1 aliphatic rings. The number of hydrogen-bond donors (Lipinski definition) is 0. The molecule has 1 fully saturated rings. The molecule has 0 radical (unpaired) electrons. The Balaban J connectivity index is 2.34. The van der Waals surface area contributed by atoms with Gasteiger partial charge < -0.3 is 0 Å². The first-order valence-electron chi connectivity index (χ1n) is 3.79. The molecule has 0 unspecified atom stereocenters. The van der Waals surface area contributed by atoms with Crippen molar-refractivity contribution in [3.63, 3.8) is 0 Å². The summed E-state index contributed by atoms with van der Waals surface area (Å²) >= 11 is 0. The van der Waals surface area contributed by atoms with Gasteiger partial charge in [0.15, 0.2) is 0 Å². The Morgan fingerprint density at radius 3 is 2.73 bits per heavy atom. The van der Waals surface area contributed by atoms with Crippen molar-refractivity contribution >= 4 is 0 Å². The Bertz CT molecular complexity index is 277. The zero-order chi connectivity index (χ0) is 7.73. The normalized spacial score (nSPS) is 20.3. The summed E-state index contributed by atoms with van der Waals surface area (Å²) < 4.78 is 1.77. The van der Waals surface area contributed by atoms with Gasteiger partial charge in [-0.05, 0) is 25.3 Å². The van der Waals surface area contributed by atoms with E-state index in [2.05, 4.69) is 11.2 Å². The molecule has 3 nitrogen and oxygen atoms in total. The maximum absolute atomic E-state index is 8.90. The second kappa shape index (κ2) is 2.09. The minimum atomic E-state index is -0.302. The number of nitrogens with zero attached hydrogens (tertiary/aromatic N) is 3. The minimum Gasteiger partial charge on any atom is -0.252 e. The van der Waals surface area contributed by atoms with E-state index in [9.17, 15) is 0 Å². The zero-order valence-corrected chi connectivity index (χ0v) is 6.20. The van der Waals surface area contributed by atoms with E-state index in [1.54, 1.807) is 10.9 Å². The van der Waals surface area contributed by atoms with Crippen molar-refractivity contribution in [1.82, 2.24) is 9.78 Å². The average molecular weight is 147 g/mol. The summed E-state index contributed by atoms with van der Waals surface area (Å²) in [5.74, 6) is 0. The van der Waals surface area contributed by atoms with Gasteiger partial charge in [0.2, 0.25) is 0 Å². The molecule has 0 saturated heterocycles. The van der Waals surface area contributed by atoms with Crippen LogP contribution in [-0.4, -0.2) is 9.78 Å². The summed E-state index contributed by atoms with van der Waals surface area (Å²) in [6.07, 6.45) is 6.63. The number of aromatic nitrogens is 2. The van der Waals surface area contributed by atoms with E-state index in [-0.39, 0.29) is 5.54 Å². The molecule has 0 N–H and O–H groups in total. The van der Waals surface area contributed by atoms with Crippen LogP contribution in [0.25, 0.3) is 0 Å². The van der Waals surface area contributed by atoms with Gasteiger partial charge in [-0.25, -0.2) is 0 Å². The van der Waals surface area contributed by atoms with E-state index in [1.807, 2.05) is 12.3 Å². The van der Waals surface area contributed by atoms with Crippen LogP contribution in [0, 0.1) is 11.3 Å². The van der Waals surface area contributed by atoms with Gasteiger partial charge in [-0.2, -0.15) is 10.4 Å². The molecule has 0 spiro atoms. The van der Waals surface area contributed by atoms with Gasteiger partial charge in [-0.3, -0.25) is 4.68 Å². The molecule has 1 aliphatic carbocycles. The maximum Gasteiger partial charge on any atom is 0.148 e. The summed E-state index contributed by atoms with van der Waals surface area (Å²) in [6, 6.07) is 4.18. The molecular formula is C8H9N3. The molecule has 11 heavy (non-hydrogen) atoms. The van der Waals surface area contributed by atoms with Gasteiger partial charge in [-0.1, -0.05) is 0 Å². The maximum atomic E-state index is 8.90. The summed E-state index contributed by atoms with van der Waals surface area (Å²) in [4.78, 5) is 0. The van der Waals surface area contributed by atoms with E-state index >= 15 is 0 Å². The first-order valence-corrected chi connectivity index (χ1v) is 3.79. The van der Waals surface area contributed by atoms with E-state index in [0.29, 0.717) is 0 Å². The standard InChI is InChI=1S/C8H9N3/c9-7-8(3-1-4-8)11-6-2-5-10-11/h2,5-6H,1,3-4H2. The Morgan fingerprint density at radius 1 is 1.55 bits per heavy atom. The lowest BCUT2D eigenvalue weighted by Crippen LogP contribution is -2.39. The summed E-state index contributed by atoms with van der Waals surface area (Å²) in [7, 11) is 0. The largest absolute Gasteiger partial charge is 0.252 e. The fraction of sp³-hybridized carbons (Fsp3) is 0.500. The molecule has 1 aromatic rings. The molecule has 0 bridgehead atoms. The van der Waals surface area contributed by atoms with Crippen LogP contribution in [-0.2, 0) is 5.54 Å². The first-order chi connectivity index (χ1) is 5.37. The van der Waals surface area contributed by atoms with Crippen molar-refractivity contribution in [2.45, 2.75) is 24.8 Å². The molecule has 1 heterocycles. The monoisotopic (exact) mass is 147 g/mol. The third-order valence-electron chi connectivity index (χ3n) is 2.33. The molecule has 0 aliphatic heterocycles. The highest BCUT2D eigenvalue weighted by Crippen LogP contribution is 2.37. The molecule has 0 aromatic carbocycles. The van der Waals surface area contributed by atoms with Crippen molar-refractivity contribution in [1.29, 1.82) is 5.26 Å². The summed E-state index contributed by atoms with van der Waals surface area (Å²) in [6.45, 7) is 0. The quantitative estimate of drug-likeness (QED) is 0.600. The molecule has 1 saturated carbocycles. The van der Waals surface area contributed by atoms with E-state index in [0.717, 1.165) is 19.3 Å². The predicted molar refractivity (Wildman–Crippen MR) is 39.7 cm³/mol. The fourth-order valence-electron chi connectivity index (χ4n) is 1.43. The van der Waals surface area contributed by atoms with Crippen LogP contribution in [0.15, 0.2) is 18.5 Å². The SMILES string of the molecule is N#CC1(n2cccn2)CCC1. The van der Waals surface area contributed by atoms with Gasteiger partial charge in [0.05, 0.1) is 6.07 Å². The van der Waals surface area contributed by atoms with Crippen LogP contribution in [0.5, 0.6) is 0 Å². The Kier molecular flexibility index (Phi) is 1.22. The van der Waals surface area contributed by atoms with Crippen LogP contribution >= 0.6 is 0 Å². The van der Waals surface area contributed by atoms with Crippen LogP contribution < -0.4 is 0 Å². The lowest BCUT2D eigenvalue weighted by atomic mass is 9.78. The zero-order valence-electron chi connectivity index (χ0n) is 6.20. The second-order valence-corrected chi connectivity index (χ2v) is 2.95. The number of nitriles is 1. The molecule has 1 aromatic heterocycles. The molecular weight excluding hydrogens is 138 g/mol. The van der Waals surface area contributed by atoms with Crippen molar-refractivity contribution < 1.29 is 0 Å². The van der Waals surface area contributed by atoms with Crippen molar-refractivity contribution in [2.75, 3.05) is 0 Å². The second-order valence-electron chi connectivity index (χ2n) is 2.95. The van der Waals surface area contributed by atoms with Gasteiger partial charge in [0, 0.05) is 12.4 Å². The molecule has 0 atom stereocenters. The average Bonchev–Trinajstić information content (AvgIpc) is 2.39. The Labute approximate surface area is 65.3 Å².